The minimum atomic E-state index is -0.428. The molecule has 2 rings (SSSR count). The summed E-state index contributed by atoms with van der Waals surface area (Å²) in [5, 5.41) is 0. The Balaban J connectivity index is 2.15. The number of nitrogens with zero attached hydrogens (tertiary/aromatic N) is 1. The monoisotopic (exact) mass is 223 g/mol. The van der Waals surface area contributed by atoms with Crippen molar-refractivity contribution in [1.29, 1.82) is 0 Å². The summed E-state index contributed by atoms with van der Waals surface area (Å²) in [6.45, 7) is 3.23. The first-order valence-electron chi connectivity index (χ1n) is 5.17. The van der Waals surface area contributed by atoms with Gasteiger partial charge in [-0.15, -0.1) is 0 Å². The number of hydrogen-bond acceptors (Lipinski definition) is 5. The van der Waals surface area contributed by atoms with Gasteiger partial charge in [0.05, 0.1) is 19.8 Å². The van der Waals surface area contributed by atoms with Gasteiger partial charge in [0, 0.05) is 11.8 Å². The Hall–Kier alpha value is -1.46. The Morgan fingerprint density at radius 3 is 3.00 bits per heavy atom. The Kier molecular flexibility index (Phi) is 3.48. The summed E-state index contributed by atoms with van der Waals surface area (Å²) >= 11 is 0. The van der Waals surface area contributed by atoms with Crippen LogP contribution in [0.25, 0.3) is 0 Å². The van der Waals surface area contributed by atoms with Crippen LogP contribution in [0.15, 0.2) is 18.3 Å². The fourth-order valence-electron chi connectivity index (χ4n) is 1.46. The minimum Gasteiger partial charge on any atom is -0.461 e. The van der Waals surface area contributed by atoms with Crippen molar-refractivity contribution in [2.24, 2.45) is 0 Å². The number of pyridine rings is 1. The average molecular weight is 223 g/mol. The van der Waals surface area contributed by atoms with Gasteiger partial charge in [-0.2, -0.15) is 0 Å². The van der Waals surface area contributed by atoms with E-state index in [4.69, 9.17) is 14.2 Å². The van der Waals surface area contributed by atoms with Gasteiger partial charge in [0.1, 0.15) is 5.69 Å². The molecule has 5 heteroatoms. The van der Waals surface area contributed by atoms with Crippen molar-refractivity contribution >= 4 is 5.97 Å². The third-order valence-corrected chi connectivity index (χ3v) is 2.16. The number of hydrogen-bond donors (Lipinski definition) is 0. The van der Waals surface area contributed by atoms with Gasteiger partial charge in [0.15, 0.2) is 6.29 Å². The lowest BCUT2D eigenvalue weighted by Gasteiger charge is -2.09. The summed E-state index contributed by atoms with van der Waals surface area (Å²) in [6.07, 6.45) is 1.16. The zero-order valence-electron chi connectivity index (χ0n) is 9.01. The lowest BCUT2D eigenvalue weighted by molar-refractivity contribution is -0.0442. The molecule has 0 spiro atoms. The summed E-state index contributed by atoms with van der Waals surface area (Å²) in [5.74, 6) is -0.428. The lowest BCUT2D eigenvalue weighted by Crippen LogP contribution is -2.08. The number of rotatable bonds is 3. The first-order chi connectivity index (χ1) is 7.81. The van der Waals surface area contributed by atoms with Crippen molar-refractivity contribution in [3.05, 3.63) is 29.6 Å². The Morgan fingerprint density at radius 2 is 2.31 bits per heavy atom. The van der Waals surface area contributed by atoms with E-state index in [2.05, 4.69) is 4.98 Å². The van der Waals surface area contributed by atoms with Crippen molar-refractivity contribution in [2.45, 2.75) is 13.2 Å². The molecule has 1 aromatic rings. The molecule has 5 nitrogen and oxygen atoms in total. The highest BCUT2D eigenvalue weighted by Crippen LogP contribution is 2.23. The van der Waals surface area contributed by atoms with Gasteiger partial charge in [0.2, 0.25) is 0 Å². The van der Waals surface area contributed by atoms with Gasteiger partial charge in [-0.1, -0.05) is 0 Å². The quantitative estimate of drug-likeness (QED) is 0.723. The van der Waals surface area contributed by atoms with Gasteiger partial charge < -0.3 is 14.2 Å². The van der Waals surface area contributed by atoms with E-state index >= 15 is 0 Å². The van der Waals surface area contributed by atoms with Gasteiger partial charge >= 0.3 is 5.97 Å². The number of ether oxygens (including phenoxy) is 3. The fourth-order valence-corrected chi connectivity index (χ4v) is 1.46. The van der Waals surface area contributed by atoms with E-state index in [-0.39, 0.29) is 5.69 Å². The van der Waals surface area contributed by atoms with E-state index in [0.29, 0.717) is 19.8 Å². The maximum Gasteiger partial charge on any atom is 0.356 e. The number of esters is 1. The molecule has 1 saturated heterocycles. The fraction of sp³-hybridized carbons (Fsp3) is 0.455. The molecule has 1 aliphatic rings. The predicted octanol–water partition coefficient (Wildman–Crippen LogP) is 1.30. The smallest absolute Gasteiger partial charge is 0.356 e. The molecule has 86 valence electrons. The van der Waals surface area contributed by atoms with Crippen LogP contribution in [-0.4, -0.2) is 30.8 Å². The predicted molar refractivity (Wildman–Crippen MR) is 54.8 cm³/mol. The third-order valence-electron chi connectivity index (χ3n) is 2.16. The summed E-state index contributed by atoms with van der Waals surface area (Å²) in [7, 11) is 0. The molecule has 0 unspecified atom stereocenters. The molecule has 0 aromatic carbocycles. The van der Waals surface area contributed by atoms with Crippen molar-refractivity contribution in [3.63, 3.8) is 0 Å². The Labute approximate surface area is 93.3 Å². The van der Waals surface area contributed by atoms with E-state index in [0.717, 1.165) is 5.56 Å². The van der Waals surface area contributed by atoms with Gasteiger partial charge in [-0.05, 0) is 19.1 Å². The van der Waals surface area contributed by atoms with Crippen molar-refractivity contribution < 1.29 is 19.0 Å². The second-order valence-electron chi connectivity index (χ2n) is 3.27. The van der Waals surface area contributed by atoms with Crippen molar-refractivity contribution in [2.75, 3.05) is 19.8 Å². The van der Waals surface area contributed by atoms with Crippen LogP contribution in [-0.2, 0) is 14.2 Å². The lowest BCUT2D eigenvalue weighted by atomic mass is 10.2. The molecule has 0 atom stereocenters. The molecule has 0 saturated carbocycles. The van der Waals surface area contributed by atoms with Crippen LogP contribution in [0.1, 0.15) is 29.3 Å². The maximum absolute atomic E-state index is 11.4. The highest BCUT2D eigenvalue weighted by Gasteiger charge is 2.20. The summed E-state index contributed by atoms with van der Waals surface area (Å²) in [5.41, 5.74) is 1.06. The number of aromatic nitrogens is 1. The number of carbonyl (C=O) groups excluding carboxylic acids is 1. The van der Waals surface area contributed by atoms with Gasteiger partial charge in [-0.25, -0.2) is 9.78 Å². The van der Waals surface area contributed by atoms with Crippen molar-refractivity contribution in [3.8, 4) is 0 Å². The van der Waals surface area contributed by atoms with E-state index in [9.17, 15) is 4.79 Å². The SMILES string of the molecule is CCOC(=O)c1cc(C2OCCO2)ccn1. The van der Waals surface area contributed by atoms with Crippen LogP contribution in [0.2, 0.25) is 0 Å². The number of carbonyl (C=O) groups is 1. The van der Waals surface area contributed by atoms with Gasteiger partial charge in [0.25, 0.3) is 0 Å². The summed E-state index contributed by atoms with van der Waals surface area (Å²) in [6, 6.07) is 3.40. The molecule has 0 amide bonds. The molecular weight excluding hydrogens is 210 g/mol. The molecule has 0 bridgehead atoms. The second kappa shape index (κ2) is 5.05. The first kappa shape index (κ1) is 11.0. The molecule has 0 aliphatic carbocycles. The standard InChI is InChI=1S/C11H13NO4/c1-2-14-10(13)9-7-8(3-4-12-9)11-15-5-6-16-11/h3-4,7,11H,2,5-6H2,1H3. The molecular formula is C11H13NO4. The van der Waals surface area contributed by atoms with Crippen LogP contribution in [0.5, 0.6) is 0 Å². The zero-order valence-corrected chi connectivity index (χ0v) is 9.01. The minimum absolute atomic E-state index is 0.276. The zero-order chi connectivity index (χ0) is 11.4. The van der Waals surface area contributed by atoms with Crippen LogP contribution in [0.4, 0.5) is 0 Å². The Bertz CT molecular complexity index is 374. The van der Waals surface area contributed by atoms with Crippen LogP contribution in [0.3, 0.4) is 0 Å². The molecule has 1 fully saturated rings. The molecule has 0 N–H and O–H groups in total. The van der Waals surface area contributed by atoms with E-state index in [1.807, 2.05) is 0 Å². The highest BCUT2D eigenvalue weighted by atomic mass is 16.7. The Morgan fingerprint density at radius 1 is 1.56 bits per heavy atom. The maximum atomic E-state index is 11.4. The first-order valence-corrected chi connectivity index (χ1v) is 5.17. The molecule has 1 aromatic heterocycles. The highest BCUT2D eigenvalue weighted by molar-refractivity contribution is 5.87. The average Bonchev–Trinajstić information content (AvgIpc) is 2.83. The molecule has 2 heterocycles. The van der Waals surface area contributed by atoms with E-state index in [1.54, 1.807) is 25.3 Å². The molecule has 0 radical (unpaired) electrons. The second-order valence-corrected chi connectivity index (χ2v) is 3.27. The van der Waals surface area contributed by atoms with Gasteiger partial charge in [-0.3, -0.25) is 0 Å². The van der Waals surface area contributed by atoms with Crippen LogP contribution in [0, 0.1) is 0 Å². The largest absolute Gasteiger partial charge is 0.461 e. The normalized spacial score (nSPS) is 16.3. The molecule has 16 heavy (non-hydrogen) atoms. The van der Waals surface area contributed by atoms with Crippen LogP contribution < -0.4 is 0 Å². The van der Waals surface area contributed by atoms with E-state index in [1.165, 1.54) is 0 Å². The van der Waals surface area contributed by atoms with Crippen LogP contribution >= 0.6 is 0 Å². The molecule has 1 aliphatic heterocycles. The van der Waals surface area contributed by atoms with Crippen molar-refractivity contribution in [1.82, 2.24) is 4.98 Å². The summed E-state index contributed by atoms with van der Waals surface area (Å²) < 4.78 is 15.5. The summed E-state index contributed by atoms with van der Waals surface area (Å²) in [4.78, 5) is 15.4. The third kappa shape index (κ3) is 2.37. The van der Waals surface area contributed by atoms with E-state index < -0.39 is 12.3 Å². The topological polar surface area (TPSA) is 57.7 Å².